The minimum absolute atomic E-state index is 0.162. The number of nitrogens with two attached hydrogens (primary N) is 1. The molecule has 0 saturated carbocycles. The van der Waals surface area contributed by atoms with E-state index >= 15 is 0 Å². The van der Waals surface area contributed by atoms with Crippen molar-refractivity contribution in [1.29, 1.82) is 0 Å². The zero-order valence-corrected chi connectivity index (χ0v) is 10.6. The summed E-state index contributed by atoms with van der Waals surface area (Å²) in [6.45, 7) is 3.82. The fourth-order valence-electron chi connectivity index (χ4n) is 2.55. The van der Waals surface area contributed by atoms with Gasteiger partial charge in [0.05, 0.1) is 5.02 Å². The molecule has 0 spiro atoms. The minimum Gasteiger partial charge on any atom is -0.506 e. The molecule has 16 heavy (non-hydrogen) atoms. The van der Waals surface area contributed by atoms with Crippen LogP contribution in [0.25, 0.3) is 0 Å². The van der Waals surface area contributed by atoms with Crippen molar-refractivity contribution in [2.24, 2.45) is 5.73 Å². The summed E-state index contributed by atoms with van der Waals surface area (Å²) in [5.41, 5.74) is 8.88. The summed E-state index contributed by atoms with van der Waals surface area (Å²) < 4.78 is 0. The van der Waals surface area contributed by atoms with E-state index in [1.54, 1.807) is 0 Å². The van der Waals surface area contributed by atoms with E-state index in [9.17, 15) is 5.11 Å². The highest BCUT2D eigenvalue weighted by atomic mass is 35.5. The van der Waals surface area contributed by atoms with Gasteiger partial charge < -0.3 is 10.8 Å². The summed E-state index contributed by atoms with van der Waals surface area (Å²) in [6.07, 6.45) is 4.39. The molecule has 0 fully saturated rings. The van der Waals surface area contributed by atoms with Crippen molar-refractivity contribution in [2.75, 3.05) is 0 Å². The molecule has 0 atom stereocenters. The zero-order chi connectivity index (χ0) is 11.9. The van der Waals surface area contributed by atoms with Crippen LogP contribution in [0.3, 0.4) is 0 Å². The first-order valence-corrected chi connectivity index (χ1v) is 6.11. The number of rotatable bonds is 1. The number of halogens is 1. The molecule has 0 heterocycles. The number of phenolic OH excluding ortho intramolecular Hbond substituents is 1. The van der Waals surface area contributed by atoms with E-state index in [1.807, 2.05) is 19.9 Å². The first-order chi connectivity index (χ1) is 7.41. The summed E-state index contributed by atoms with van der Waals surface area (Å²) in [4.78, 5) is 0. The van der Waals surface area contributed by atoms with E-state index in [2.05, 4.69) is 0 Å². The lowest BCUT2D eigenvalue weighted by molar-refractivity contribution is 0.435. The van der Waals surface area contributed by atoms with Crippen LogP contribution in [-0.2, 0) is 18.4 Å². The number of hydrogen-bond acceptors (Lipinski definition) is 2. The maximum absolute atomic E-state index is 10.1. The van der Waals surface area contributed by atoms with E-state index < -0.39 is 5.54 Å². The lowest BCUT2D eigenvalue weighted by Gasteiger charge is -2.29. The largest absolute Gasteiger partial charge is 0.506 e. The molecule has 3 heteroatoms. The van der Waals surface area contributed by atoms with Crippen molar-refractivity contribution in [3.63, 3.8) is 0 Å². The van der Waals surface area contributed by atoms with E-state index in [-0.39, 0.29) is 5.75 Å². The second-order valence-corrected chi connectivity index (χ2v) is 5.56. The molecule has 88 valence electrons. The second kappa shape index (κ2) is 3.94. The monoisotopic (exact) mass is 239 g/mol. The van der Waals surface area contributed by atoms with Crippen molar-refractivity contribution in [1.82, 2.24) is 0 Å². The highest BCUT2D eigenvalue weighted by molar-refractivity contribution is 6.32. The van der Waals surface area contributed by atoms with E-state index in [1.165, 1.54) is 17.5 Å². The van der Waals surface area contributed by atoms with Crippen molar-refractivity contribution in [3.05, 3.63) is 27.8 Å². The fourth-order valence-corrected chi connectivity index (χ4v) is 2.78. The number of aryl methyl sites for hydroxylation is 1. The van der Waals surface area contributed by atoms with Crippen LogP contribution in [0.15, 0.2) is 6.07 Å². The summed E-state index contributed by atoms with van der Waals surface area (Å²) in [5.74, 6) is 0.162. The molecular weight excluding hydrogens is 222 g/mol. The van der Waals surface area contributed by atoms with Crippen LogP contribution in [0, 0.1) is 0 Å². The Bertz CT molecular complexity index is 421. The third-order valence-electron chi connectivity index (χ3n) is 3.22. The Morgan fingerprint density at radius 2 is 1.94 bits per heavy atom. The molecule has 0 unspecified atom stereocenters. The molecule has 0 bridgehead atoms. The van der Waals surface area contributed by atoms with Crippen LogP contribution in [0.1, 0.15) is 43.4 Å². The third kappa shape index (κ3) is 1.92. The highest BCUT2D eigenvalue weighted by Gasteiger charge is 2.27. The quantitative estimate of drug-likeness (QED) is 0.791. The summed E-state index contributed by atoms with van der Waals surface area (Å²) in [7, 11) is 0. The fraction of sp³-hybridized carbons (Fsp3) is 0.538. The van der Waals surface area contributed by atoms with Crippen LogP contribution in [-0.4, -0.2) is 5.11 Å². The first-order valence-electron chi connectivity index (χ1n) is 5.74. The number of aromatic hydroxyl groups is 1. The molecule has 1 aliphatic rings. The molecule has 0 saturated heterocycles. The van der Waals surface area contributed by atoms with Gasteiger partial charge in [0.15, 0.2) is 0 Å². The number of fused-ring (bicyclic) bond motifs is 1. The molecule has 0 amide bonds. The number of phenols is 1. The van der Waals surface area contributed by atoms with Crippen LogP contribution >= 0.6 is 11.6 Å². The molecule has 2 nitrogen and oxygen atoms in total. The van der Waals surface area contributed by atoms with Crippen molar-refractivity contribution < 1.29 is 5.11 Å². The molecule has 1 aliphatic carbocycles. The molecule has 0 aliphatic heterocycles. The van der Waals surface area contributed by atoms with Crippen molar-refractivity contribution in [3.8, 4) is 5.75 Å². The van der Waals surface area contributed by atoms with Gasteiger partial charge in [0, 0.05) is 11.1 Å². The normalized spacial score (nSPS) is 16.0. The Hall–Kier alpha value is -0.730. The van der Waals surface area contributed by atoms with E-state index in [4.69, 9.17) is 17.3 Å². The Labute approximate surface area is 101 Å². The standard InChI is InChI=1S/C13H18ClNO/c1-13(2,15)11-9-6-4-3-5-8(9)7-10(14)12(11)16/h7,16H,3-6,15H2,1-2H3. The summed E-state index contributed by atoms with van der Waals surface area (Å²) in [5, 5.41) is 10.5. The van der Waals surface area contributed by atoms with Gasteiger partial charge in [-0.1, -0.05) is 11.6 Å². The average molecular weight is 240 g/mol. The van der Waals surface area contributed by atoms with Crippen molar-refractivity contribution >= 4 is 11.6 Å². The average Bonchev–Trinajstić information content (AvgIpc) is 2.17. The predicted octanol–water partition coefficient (Wildman–Crippen LogP) is 3.12. The molecule has 1 aromatic carbocycles. The van der Waals surface area contributed by atoms with Crippen LogP contribution < -0.4 is 5.73 Å². The van der Waals surface area contributed by atoms with Gasteiger partial charge in [0.1, 0.15) is 5.75 Å². The Kier molecular flexibility index (Phi) is 2.89. The lowest BCUT2D eigenvalue weighted by Crippen LogP contribution is -2.31. The lowest BCUT2D eigenvalue weighted by atomic mass is 9.81. The Morgan fingerprint density at radius 1 is 1.31 bits per heavy atom. The van der Waals surface area contributed by atoms with Gasteiger partial charge in [-0.3, -0.25) is 0 Å². The van der Waals surface area contributed by atoms with Crippen LogP contribution in [0.2, 0.25) is 5.02 Å². The van der Waals surface area contributed by atoms with E-state index in [0.717, 1.165) is 24.8 Å². The zero-order valence-electron chi connectivity index (χ0n) is 9.81. The van der Waals surface area contributed by atoms with Gasteiger partial charge in [-0.15, -0.1) is 0 Å². The highest BCUT2D eigenvalue weighted by Crippen LogP contribution is 2.40. The number of hydrogen-bond donors (Lipinski definition) is 2. The Morgan fingerprint density at radius 3 is 2.56 bits per heavy atom. The SMILES string of the molecule is CC(C)(N)c1c(O)c(Cl)cc2c1CCCC2. The van der Waals surface area contributed by atoms with Gasteiger partial charge in [-0.2, -0.15) is 0 Å². The van der Waals surface area contributed by atoms with Gasteiger partial charge in [-0.05, 0) is 56.7 Å². The molecule has 3 N–H and O–H groups in total. The maximum atomic E-state index is 10.1. The molecule has 0 radical (unpaired) electrons. The van der Waals surface area contributed by atoms with Crippen LogP contribution in [0.5, 0.6) is 5.75 Å². The van der Waals surface area contributed by atoms with Gasteiger partial charge in [0.25, 0.3) is 0 Å². The van der Waals surface area contributed by atoms with Gasteiger partial charge in [-0.25, -0.2) is 0 Å². The summed E-state index contributed by atoms with van der Waals surface area (Å²) >= 11 is 6.05. The topological polar surface area (TPSA) is 46.2 Å². The number of benzene rings is 1. The van der Waals surface area contributed by atoms with E-state index in [0.29, 0.717) is 5.02 Å². The molecule has 0 aromatic heterocycles. The molecular formula is C13H18ClNO. The molecule has 2 rings (SSSR count). The molecule has 1 aromatic rings. The Balaban J connectivity index is 2.69. The predicted molar refractivity (Wildman–Crippen MR) is 67.0 cm³/mol. The summed E-state index contributed by atoms with van der Waals surface area (Å²) in [6, 6.07) is 1.89. The van der Waals surface area contributed by atoms with Gasteiger partial charge in [0.2, 0.25) is 0 Å². The minimum atomic E-state index is -0.545. The third-order valence-corrected chi connectivity index (χ3v) is 3.51. The smallest absolute Gasteiger partial charge is 0.139 e. The maximum Gasteiger partial charge on any atom is 0.139 e. The van der Waals surface area contributed by atoms with Crippen LogP contribution in [0.4, 0.5) is 0 Å². The first kappa shape index (κ1) is 11.7. The van der Waals surface area contributed by atoms with Crippen molar-refractivity contribution in [2.45, 2.75) is 45.1 Å². The second-order valence-electron chi connectivity index (χ2n) is 5.15. The van der Waals surface area contributed by atoms with Gasteiger partial charge >= 0.3 is 0 Å².